The summed E-state index contributed by atoms with van der Waals surface area (Å²) >= 11 is 0. The molecule has 1 heterocycles. The van der Waals surface area contributed by atoms with Crippen molar-refractivity contribution in [3.05, 3.63) is 54.1 Å². The number of amides is 1. The van der Waals surface area contributed by atoms with Gasteiger partial charge in [-0.3, -0.25) is 4.79 Å². The van der Waals surface area contributed by atoms with Gasteiger partial charge in [-0.2, -0.15) is 0 Å². The molecule has 28 heavy (non-hydrogen) atoms. The van der Waals surface area contributed by atoms with Crippen LogP contribution >= 0.6 is 0 Å². The highest BCUT2D eigenvalue weighted by Crippen LogP contribution is 2.30. The van der Waals surface area contributed by atoms with E-state index in [1.807, 2.05) is 43.0 Å². The molecule has 2 aromatic carbocycles. The summed E-state index contributed by atoms with van der Waals surface area (Å²) in [5.74, 6) is 0.904. The van der Waals surface area contributed by atoms with Gasteiger partial charge in [0.05, 0.1) is 13.2 Å². The number of methoxy groups -OCH3 is 1. The topological polar surface area (TPSA) is 64.8 Å². The summed E-state index contributed by atoms with van der Waals surface area (Å²) in [6, 6.07) is 16.4. The predicted molar refractivity (Wildman–Crippen MR) is 111 cm³/mol. The molecule has 0 bridgehead atoms. The quantitative estimate of drug-likeness (QED) is 0.795. The lowest BCUT2D eigenvalue weighted by Crippen LogP contribution is -2.43. The Labute approximate surface area is 167 Å². The maximum atomic E-state index is 13.0. The van der Waals surface area contributed by atoms with Crippen LogP contribution in [0.1, 0.15) is 32.3 Å². The fourth-order valence-electron chi connectivity index (χ4n) is 3.63. The first-order valence-corrected chi connectivity index (χ1v) is 9.91. The summed E-state index contributed by atoms with van der Waals surface area (Å²) in [6.07, 6.45) is 1.23. The molecule has 3 rings (SSSR count). The molecule has 150 valence electrons. The summed E-state index contributed by atoms with van der Waals surface area (Å²) in [5, 5.41) is 0. The smallest absolute Gasteiger partial charge is 0.252 e. The zero-order valence-corrected chi connectivity index (χ0v) is 16.9. The summed E-state index contributed by atoms with van der Waals surface area (Å²) < 4.78 is 11.3. The van der Waals surface area contributed by atoms with Crippen LogP contribution in [0, 0.1) is 0 Å². The molecule has 5 nitrogen and oxygen atoms in total. The highest BCUT2D eigenvalue weighted by Gasteiger charge is 2.33. The minimum absolute atomic E-state index is 0.00287. The first-order chi connectivity index (χ1) is 13.5. The van der Waals surface area contributed by atoms with Gasteiger partial charge in [0.2, 0.25) is 0 Å². The lowest BCUT2D eigenvalue weighted by atomic mass is 10.0. The van der Waals surface area contributed by atoms with Crippen LogP contribution in [0.15, 0.2) is 48.5 Å². The van der Waals surface area contributed by atoms with Crippen LogP contribution in [0.4, 0.5) is 0 Å². The zero-order chi connectivity index (χ0) is 20.1. The number of nitrogens with zero attached hydrogens (tertiary/aromatic N) is 1. The van der Waals surface area contributed by atoms with Crippen molar-refractivity contribution in [1.29, 1.82) is 0 Å². The summed E-state index contributed by atoms with van der Waals surface area (Å²) in [5.41, 5.74) is 8.92. The molecule has 2 aromatic rings. The first kappa shape index (κ1) is 20.4. The van der Waals surface area contributed by atoms with E-state index >= 15 is 0 Å². The molecule has 0 saturated carbocycles. The number of hydrogen-bond acceptors (Lipinski definition) is 4. The normalized spacial score (nSPS) is 19.0. The minimum Gasteiger partial charge on any atom is -0.496 e. The second kappa shape index (κ2) is 9.22. The van der Waals surface area contributed by atoms with Gasteiger partial charge in [-0.05, 0) is 43.9 Å². The van der Waals surface area contributed by atoms with Crippen molar-refractivity contribution in [3.8, 4) is 16.9 Å². The van der Waals surface area contributed by atoms with Crippen LogP contribution in [0.2, 0.25) is 0 Å². The molecule has 2 atom stereocenters. The van der Waals surface area contributed by atoms with Crippen LogP contribution in [-0.4, -0.2) is 42.7 Å². The van der Waals surface area contributed by atoms with Crippen LogP contribution in [0.5, 0.6) is 5.75 Å². The maximum absolute atomic E-state index is 13.0. The van der Waals surface area contributed by atoms with E-state index in [1.54, 1.807) is 7.11 Å². The van der Waals surface area contributed by atoms with Gasteiger partial charge < -0.3 is 20.1 Å². The number of hydrogen-bond donors (Lipinski definition) is 1. The second-order valence-corrected chi connectivity index (χ2v) is 7.52. The molecule has 0 unspecified atom stereocenters. The average molecular weight is 383 g/mol. The number of rotatable bonds is 7. The van der Waals surface area contributed by atoms with Gasteiger partial charge >= 0.3 is 0 Å². The van der Waals surface area contributed by atoms with Crippen LogP contribution in [0.25, 0.3) is 11.1 Å². The maximum Gasteiger partial charge on any atom is 0.252 e. The van der Waals surface area contributed by atoms with E-state index in [0.29, 0.717) is 13.1 Å². The number of nitrogens with two attached hydrogens (primary N) is 1. The fraction of sp³-hybridized carbons (Fsp3) is 0.435. The Kier molecular flexibility index (Phi) is 6.70. The number of carbonyl (C=O) groups is 1. The Hall–Kier alpha value is -2.37. The molecule has 0 aromatic heterocycles. The molecule has 1 saturated heterocycles. The molecule has 0 aliphatic carbocycles. The van der Waals surface area contributed by atoms with E-state index in [9.17, 15) is 4.79 Å². The molecule has 1 aliphatic heterocycles. The van der Waals surface area contributed by atoms with Crippen molar-refractivity contribution in [2.45, 2.75) is 51.5 Å². The summed E-state index contributed by atoms with van der Waals surface area (Å²) in [6.45, 7) is 5.11. The van der Waals surface area contributed by atoms with E-state index in [1.165, 1.54) is 0 Å². The number of ether oxygens (including phenoxy) is 2. The lowest BCUT2D eigenvalue weighted by Gasteiger charge is -2.29. The van der Waals surface area contributed by atoms with Crippen molar-refractivity contribution >= 4 is 5.91 Å². The molecule has 2 N–H and O–H groups in total. The Balaban J connectivity index is 1.73. The van der Waals surface area contributed by atoms with Gasteiger partial charge in [0, 0.05) is 24.7 Å². The van der Waals surface area contributed by atoms with Crippen molar-refractivity contribution in [1.82, 2.24) is 4.90 Å². The van der Waals surface area contributed by atoms with E-state index in [2.05, 4.69) is 24.3 Å². The Morgan fingerprint density at radius 1 is 1.18 bits per heavy atom. The van der Waals surface area contributed by atoms with Crippen molar-refractivity contribution in [3.63, 3.8) is 0 Å². The third-order valence-corrected chi connectivity index (χ3v) is 5.28. The van der Waals surface area contributed by atoms with Gasteiger partial charge in [0.1, 0.15) is 11.9 Å². The van der Waals surface area contributed by atoms with Crippen molar-refractivity contribution < 1.29 is 14.3 Å². The van der Waals surface area contributed by atoms with Gasteiger partial charge in [0.25, 0.3) is 5.91 Å². The standard InChI is InChI=1S/C23H30N2O3/c1-16(2)25(23(26)22-13-12-19(14-24)28-22)15-17-8-10-18(11-9-17)20-6-4-5-7-21(20)27-3/h4-11,16,19,22H,12-15,24H2,1-3H3/t19-,22+/m1/s1. The Bertz CT molecular complexity index is 789. The molecule has 5 heteroatoms. The molecule has 1 aliphatic rings. The second-order valence-electron chi connectivity index (χ2n) is 7.52. The molecular formula is C23H30N2O3. The first-order valence-electron chi connectivity index (χ1n) is 9.91. The molecule has 1 amide bonds. The molecule has 0 radical (unpaired) electrons. The largest absolute Gasteiger partial charge is 0.496 e. The SMILES string of the molecule is COc1ccccc1-c1ccc(CN(C(=O)[C@@H]2CC[C@H](CN)O2)C(C)C)cc1. The van der Waals surface area contributed by atoms with Gasteiger partial charge in [0.15, 0.2) is 0 Å². The number of para-hydroxylation sites is 1. The van der Waals surface area contributed by atoms with E-state index in [4.69, 9.17) is 15.2 Å². The minimum atomic E-state index is -0.371. The monoisotopic (exact) mass is 382 g/mol. The van der Waals surface area contributed by atoms with Crippen LogP contribution in [0.3, 0.4) is 0 Å². The van der Waals surface area contributed by atoms with Crippen molar-refractivity contribution in [2.75, 3.05) is 13.7 Å². The highest BCUT2D eigenvalue weighted by molar-refractivity contribution is 5.81. The third kappa shape index (κ3) is 4.54. The van der Waals surface area contributed by atoms with Gasteiger partial charge in [-0.15, -0.1) is 0 Å². The Morgan fingerprint density at radius 3 is 2.50 bits per heavy atom. The molecule has 0 spiro atoms. The lowest BCUT2D eigenvalue weighted by molar-refractivity contribution is -0.145. The Morgan fingerprint density at radius 2 is 1.89 bits per heavy atom. The van der Waals surface area contributed by atoms with Crippen LogP contribution < -0.4 is 10.5 Å². The van der Waals surface area contributed by atoms with Gasteiger partial charge in [-0.1, -0.05) is 42.5 Å². The van der Waals surface area contributed by atoms with Crippen LogP contribution in [-0.2, 0) is 16.1 Å². The number of carbonyl (C=O) groups excluding carboxylic acids is 1. The van der Waals surface area contributed by atoms with E-state index in [0.717, 1.165) is 35.3 Å². The highest BCUT2D eigenvalue weighted by atomic mass is 16.5. The van der Waals surface area contributed by atoms with E-state index in [-0.39, 0.29) is 24.2 Å². The van der Waals surface area contributed by atoms with Gasteiger partial charge in [-0.25, -0.2) is 0 Å². The average Bonchev–Trinajstić information content (AvgIpc) is 3.21. The third-order valence-electron chi connectivity index (χ3n) is 5.28. The fourth-order valence-corrected chi connectivity index (χ4v) is 3.63. The number of benzene rings is 2. The van der Waals surface area contributed by atoms with Crippen molar-refractivity contribution in [2.24, 2.45) is 5.73 Å². The summed E-state index contributed by atoms with van der Waals surface area (Å²) in [7, 11) is 1.68. The molecular weight excluding hydrogens is 352 g/mol. The van der Waals surface area contributed by atoms with E-state index < -0.39 is 0 Å². The zero-order valence-electron chi connectivity index (χ0n) is 16.9. The molecule has 1 fully saturated rings. The predicted octanol–water partition coefficient (Wildman–Crippen LogP) is 3.61. The summed E-state index contributed by atoms with van der Waals surface area (Å²) in [4.78, 5) is 14.9.